The lowest BCUT2D eigenvalue weighted by atomic mass is 9.85. The molecule has 1 rings (SSSR count). The third kappa shape index (κ3) is 4.64. The zero-order valence-electron chi connectivity index (χ0n) is 11.5. The fraction of sp³-hybridized carbons (Fsp3) is 0.923. The predicted molar refractivity (Wildman–Crippen MR) is 68.6 cm³/mol. The number of amides is 1. The smallest absolute Gasteiger partial charge is 0.221 e. The van der Waals surface area contributed by atoms with Crippen molar-refractivity contribution in [1.82, 2.24) is 5.32 Å². The summed E-state index contributed by atoms with van der Waals surface area (Å²) in [5.41, 5.74) is 5.95. The van der Waals surface area contributed by atoms with Crippen LogP contribution < -0.4 is 11.1 Å². The first-order valence-corrected chi connectivity index (χ1v) is 6.47. The molecule has 3 unspecified atom stereocenters. The van der Waals surface area contributed by atoms with Gasteiger partial charge >= 0.3 is 0 Å². The molecule has 1 fully saturated rings. The van der Waals surface area contributed by atoms with Crippen molar-refractivity contribution < 1.29 is 9.53 Å². The zero-order chi connectivity index (χ0) is 13.1. The Morgan fingerprint density at radius 1 is 1.53 bits per heavy atom. The Morgan fingerprint density at radius 2 is 2.18 bits per heavy atom. The van der Waals surface area contributed by atoms with Crippen molar-refractivity contribution in [3.63, 3.8) is 0 Å². The molecule has 0 saturated carbocycles. The second kappa shape index (κ2) is 5.83. The molecular formula is C13H26N2O2. The lowest BCUT2D eigenvalue weighted by molar-refractivity contribution is -0.123. The summed E-state index contributed by atoms with van der Waals surface area (Å²) >= 11 is 0. The highest BCUT2D eigenvalue weighted by Crippen LogP contribution is 2.20. The minimum Gasteiger partial charge on any atom is -0.376 e. The van der Waals surface area contributed by atoms with Crippen LogP contribution in [0.4, 0.5) is 0 Å². The van der Waals surface area contributed by atoms with Crippen molar-refractivity contribution in [2.24, 2.45) is 11.1 Å². The van der Waals surface area contributed by atoms with Crippen molar-refractivity contribution in [3.8, 4) is 0 Å². The second-order valence-corrected chi connectivity index (χ2v) is 6.08. The summed E-state index contributed by atoms with van der Waals surface area (Å²) in [5, 5.41) is 2.98. The molecule has 1 aliphatic rings. The van der Waals surface area contributed by atoms with E-state index in [4.69, 9.17) is 10.5 Å². The third-order valence-electron chi connectivity index (χ3n) is 3.43. The minimum absolute atomic E-state index is 0.0235. The quantitative estimate of drug-likeness (QED) is 0.784. The third-order valence-corrected chi connectivity index (χ3v) is 3.43. The van der Waals surface area contributed by atoms with E-state index in [0.717, 1.165) is 19.4 Å². The van der Waals surface area contributed by atoms with Crippen molar-refractivity contribution in [2.45, 2.75) is 65.1 Å². The van der Waals surface area contributed by atoms with Crippen LogP contribution in [0.1, 0.15) is 47.0 Å². The highest BCUT2D eigenvalue weighted by Gasteiger charge is 2.26. The molecule has 4 heteroatoms. The molecule has 4 nitrogen and oxygen atoms in total. The molecule has 1 heterocycles. The molecule has 0 aliphatic carbocycles. The zero-order valence-corrected chi connectivity index (χ0v) is 11.5. The maximum atomic E-state index is 11.8. The van der Waals surface area contributed by atoms with E-state index in [0.29, 0.717) is 6.42 Å². The van der Waals surface area contributed by atoms with Gasteiger partial charge in [0.15, 0.2) is 0 Å². The van der Waals surface area contributed by atoms with Gasteiger partial charge in [-0.05, 0) is 25.2 Å². The molecule has 0 aromatic heterocycles. The SMILES string of the molecule is CC(NC(=O)CC(N)C(C)(C)C)C1CCCO1. The van der Waals surface area contributed by atoms with E-state index in [9.17, 15) is 4.79 Å². The predicted octanol–water partition coefficient (Wildman–Crippen LogP) is 1.43. The molecule has 0 bridgehead atoms. The van der Waals surface area contributed by atoms with Crippen LogP contribution in [0.15, 0.2) is 0 Å². The molecule has 0 radical (unpaired) electrons. The Labute approximate surface area is 104 Å². The van der Waals surface area contributed by atoms with Crippen LogP contribution in [0.25, 0.3) is 0 Å². The molecule has 0 aromatic carbocycles. The van der Waals surface area contributed by atoms with Crippen LogP contribution in [-0.4, -0.2) is 30.7 Å². The molecule has 100 valence electrons. The number of nitrogens with two attached hydrogens (primary N) is 1. The fourth-order valence-corrected chi connectivity index (χ4v) is 1.91. The van der Waals surface area contributed by atoms with Crippen LogP contribution in [0.2, 0.25) is 0 Å². The van der Waals surface area contributed by atoms with Crippen molar-refractivity contribution in [1.29, 1.82) is 0 Å². The van der Waals surface area contributed by atoms with Crippen LogP contribution in [0.5, 0.6) is 0 Å². The van der Waals surface area contributed by atoms with Gasteiger partial charge in [-0.2, -0.15) is 0 Å². The molecule has 0 spiro atoms. The van der Waals surface area contributed by atoms with Gasteiger partial charge in [0.25, 0.3) is 0 Å². The van der Waals surface area contributed by atoms with Crippen LogP contribution in [0, 0.1) is 5.41 Å². The van der Waals surface area contributed by atoms with Gasteiger partial charge in [0.2, 0.25) is 5.91 Å². The van der Waals surface area contributed by atoms with Crippen LogP contribution in [0.3, 0.4) is 0 Å². The molecule has 17 heavy (non-hydrogen) atoms. The fourth-order valence-electron chi connectivity index (χ4n) is 1.91. The molecule has 3 N–H and O–H groups in total. The van der Waals surface area contributed by atoms with E-state index < -0.39 is 0 Å². The van der Waals surface area contributed by atoms with E-state index in [-0.39, 0.29) is 29.5 Å². The lowest BCUT2D eigenvalue weighted by Crippen LogP contribution is -2.45. The Balaban J connectivity index is 2.33. The van der Waals surface area contributed by atoms with Gasteiger partial charge in [-0.25, -0.2) is 0 Å². The summed E-state index contributed by atoms with van der Waals surface area (Å²) in [6, 6.07) is -0.0311. The molecular weight excluding hydrogens is 216 g/mol. The van der Waals surface area contributed by atoms with Gasteiger partial charge in [-0.3, -0.25) is 4.79 Å². The average molecular weight is 242 g/mol. The first-order chi connectivity index (χ1) is 7.80. The van der Waals surface area contributed by atoms with E-state index >= 15 is 0 Å². The normalized spacial score (nSPS) is 24.4. The monoisotopic (exact) mass is 242 g/mol. The van der Waals surface area contributed by atoms with Crippen LogP contribution in [-0.2, 0) is 9.53 Å². The Kier molecular flexibility index (Phi) is 4.95. The highest BCUT2D eigenvalue weighted by molar-refractivity contribution is 5.77. The van der Waals surface area contributed by atoms with E-state index in [1.54, 1.807) is 0 Å². The van der Waals surface area contributed by atoms with Gasteiger partial charge < -0.3 is 15.8 Å². The van der Waals surface area contributed by atoms with E-state index in [1.165, 1.54) is 0 Å². The Morgan fingerprint density at radius 3 is 2.65 bits per heavy atom. The average Bonchev–Trinajstić information content (AvgIpc) is 2.68. The van der Waals surface area contributed by atoms with E-state index in [1.807, 2.05) is 6.92 Å². The summed E-state index contributed by atoms with van der Waals surface area (Å²) in [6.45, 7) is 8.96. The summed E-state index contributed by atoms with van der Waals surface area (Å²) in [4.78, 5) is 11.8. The number of nitrogens with one attached hydrogen (secondary N) is 1. The van der Waals surface area contributed by atoms with Gasteiger partial charge in [0.1, 0.15) is 0 Å². The molecule has 1 aliphatic heterocycles. The number of hydrogen-bond acceptors (Lipinski definition) is 3. The Hall–Kier alpha value is -0.610. The van der Waals surface area contributed by atoms with Gasteiger partial charge in [0.05, 0.1) is 12.1 Å². The summed E-state index contributed by atoms with van der Waals surface area (Å²) in [6.07, 6.45) is 2.67. The van der Waals surface area contributed by atoms with Crippen LogP contribution >= 0.6 is 0 Å². The van der Waals surface area contributed by atoms with Gasteiger partial charge in [-0.1, -0.05) is 20.8 Å². The summed E-state index contributed by atoms with van der Waals surface area (Å²) in [5.74, 6) is 0.0235. The van der Waals surface area contributed by atoms with Gasteiger partial charge in [-0.15, -0.1) is 0 Å². The number of hydrogen-bond donors (Lipinski definition) is 2. The van der Waals surface area contributed by atoms with Crippen molar-refractivity contribution in [2.75, 3.05) is 6.61 Å². The van der Waals surface area contributed by atoms with Crippen molar-refractivity contribution >= 4 is 5.91 Å². The molecule has 0 aromatic rings. The van der Waals surface area contributed by atoms with Gasteiger partial charge in [0, 0.05) is 19.1 Å². The molecule has 3 atom stereocenters. The number of carbonyl (C=O) groups excluding carboxylic acids is 1. The molecule has 1 amide bonds. The number of carbonyl (C=O) groups is 1. The Bertz CT molecular complexity index is 255. The highest BCUT2D eigenvalue weighted by atomic mass is 16.5. The number of ether oxygens (including phenoxy) is 1. The first-order valence-electron chi connectivity index (χ1n) is 6.47. The molecule has 1 saturated heterocycles. The largest absolute Gasteiger partial charge is 0.376 e. The summed E-state index contributed by atoms with van der Waals surface area (Å²) in [7, 11) is 0. The second-order valence-electron chi connectivity index (χ2n) is 6.08. The number of rotatable bonds is 4. The first kappa shape index (κ1) is 14.5. The maximum absolute atomic E-state index is 11.8. The topological polar surface area (TPSA) is 64.4 Å². The minimum atomic E-state index is -0.112. The maximum Gasteiger partial charge on any atom is 0.221 e. The van der Waals surface area contributed by atoms with E-state index in [2.05, 4.69) is 26.1 Å². The summed E-state index contributed by atoms with van der Waals surface area (Å²) < 4.78 is 5.54. The van der Waals surface area contributed by atoms with Crippen molar-refractivity contribution in [3.05, 3.63) is 0 Å². The standard InChI is InChI=1S/C13H26N2O2/c1-9(10-6-5-7-17-10)15-12(16)8-11(14)13(2,3)4/h9-11H,5-8,14H2,1-4H3,(H,15,16). The lowest BCUT2D eigenvalue weighted by Gasteiger charge is -2.27.